The summed E-state index contributed by atoms with van der Waals surface area (Å²) in [5.41, 5.74) is 1.36. The van der Waals surface area contributed by atoms with Crippen LogP contribution in [-0.4, -0.2) is 41.0 Å². The Morgan fingerprint density at radius 2 is 1.96 bits per heavy atom. The summed E-state index contributed by atoms with van der Waals surface area (Å²) in [7, 11) is 0. The van der Waals surface area contributed by atoms with Gasteiger partial charge in [0.1, 0.15) is 5.82 Å². The van der Waals surface area contributed by atoms with E-state index in [0.29, 0.717) is 30.1 Å². The van der Waals surface area contributed by atoms with Crippen LogP contribution in [0.3, 0.4) is 0 Å². The summed E-state index contributed by atoms with van der Waals surface area (Å²) >= 11 is 0. The molecule has 1 aromatic carbocycles. The van der Waals surface area contributed by atoms with E-state index < -0.39 is 0 Å². The first kappa shape index (κ1) is 17.0. The van der Waals surface area contributed by atoms with Gasteiger partial charge >= 0.3 is 0 Å². The second-order valence-corrected chi connectivity index (χ2v) is 7.21. The smallest absolute Gasteiger partial charge is 0.223 e. The first-order valence-electron chi connectivity index (χ1n) is 9.22. The minimum atomic E-state index is -0.306. The van der Waals surface area contributed by atoms with Crippen LogP contribution in [0.5, 0.6) is 0 Å². The second kappa shape index (κ2) is 7.05. The molecule has 1 saturated carbocycles. The highest BCUT2D eigenvalue weighted by atomic mass is 19.1. The van der Waals surface area contributed by atoms with E-state index >= 15 is 0 Å². The standard InChI is InChI=1S/C19H22FN3O3/c20-13-1-4-16-15(11-13)19(22-26-16)12-7-9-23(10-8-12)18(25)6-5-17(24)21-14-2-3-14/h1,4,11-12,14H,2-3,5-10H2,(H,21,24). The molecule has 1 aliphatic carbocycles. The Morgan fingerprint density at radius 1 is 1.19 bits per heavy atom. The molecule has 7 heteroatoms. The van der Waals surface area contributed by atoms with Gasteiger partial charge in [-0.2, -0.15) is 0 Å². The van der Waals surface area contributed by atoms with Crippen molar-refractivity contribution >= 4 is 22.8 Å². The molecule has 1 saturated heterocycles. The number of aromatic nitrogens is 1. The Bertz CT molecular complexity index is 823. The first-order valence-corrected chi connectivity index (χ1v) is 9.22. The van der Waals surface area contributed by atoms with E-state index in [1.165, 1.54) is 12.1 Å². The molecule has 4 rings (SSSR count). The lowest BCUT2D eigenvalue weighted by molar-refractivity contribution is -0.134. The van der Waals surface area contributed by atoms with Crippen molar-refractivity contribution in [3.63, 3.8) is 0 Å². The number of benzene rings is 1. The van der Waals surface area contributed by atoms with Crippen LogP contribution in [0.25, 0.3) is 11.0 Å². The molecule has 2 heterocycles. The Labute approximate surface area is 150 Å². The van der Waals surface area contributed by atoms with Crippen molar-refractivity contribution in [1.82, 2.24) is 15.4 Å². The van der Waals surface area contributed by atoms with Crippen LogP contribution in [-0.2, 0) is 9.59 Å². The molecule has 6 nitrogen and oxygen atoms in total. The molecular formula is C19H22FN3O3. The molecule has 1 N–H and O–H groups in total. The highest BCUT2D eigenvalue weighted by Crippen LogP contribution is 2.33. The van der Waals surface area contributed by atoms with Gasteiger partial charge in [-0.15, -0.1) is 0 Å². The summed E-state index contributed by atoms with van der Waals surface area (Å²) in [6, 6.07) is 4.73. The minimum absolute atomic E-state index is 0.0189. The van der Waals surface area contributed by atoms with E-state index in [9.17, 15) is 14.0 Å². The van der Waals surface area contributed by atoms with Crippen molar-refractivity contribution < 1.29 is 18.5 Å². The van der Waals surface area contributed by atoms with Gasteiger partial charge in [0, 0.05) is 43.3 Å². The Morgan fingerprint density at radius 3 is 2.69 bits per heavy atom. The van der Waals surface area contributed by atoms with Gasteiger partial charge in [0.15, 0.2) is 5.58 Å². The zero-order chi connectivity index (χ0) is 18.1. The molecule has 1 aromatic heterocycles. The molecule has 2 fully saturated rings. The average Bonchev–Trinajstić information content (AvgIpc) is 3.36. The number of piperidine rings is 1. The van der Waals surface area contributed by atoms with E-state index in [2.05, 4.69) is 10.5 Å². The average molecular weight is 359 g/mol. The van der Waals surface area contributed by atoms with Gasteiger partial charge in [0.25, 0.3) is 0 Å². The van der Waals surface area contributed by atoms with Crippen molar-refractivity contribution in [2.75, 3.05) is 13.1 Å². The number of likely N-dealkylation sites (tertiary alicyclic amines) is 1. The van der Waals surface area contributed by atoms with Gasteiger partial charge in [0.05, 0.1) is 5.69 Å². The van der Waals surface area contributed by atoms with Crippen LogP contribution in [0.4, 0.5) is 4.39 Å². The number of nitrogens with one attached hydrogen (secondary N) is 1. The van der Waals surface area contributed by atoms with Gasteiger partial charge in [0.2, 0.25) is 11.8 Å². The van der Waals surface area contributed by atoms with Crippen molar-refractivity contribution in [2.45, 2.75) is 50.5 Å². The molecule has 2 aromatic rings. The fourth-order valence-corrected chi connectivity index (χ4v) is 3.53. The molecule has 0 spiro atoms. The number of hydrogen-bond acceptors (Lipinski definition) is 4. The van der Waals surface area contributed by atoms with Gasteiger partial charge in [-0.3, -0.25) is 9.59 Å². The number of fused-ring (bicyclic) bond motifs is 1. The third-order valence-electron chi connectivity index (χ3n) is 5.20. The van der Waals surface area contributed by atoms with Gasteiger partial charge in [-0.1, -0.05) is 5.16 Å². The van der Waals surface area contributed by atoms with E-state index in [-0.39, 0.29) is 36.4 Å². The number of rotatable bonds is 5. The molecule has 0 bridgehead atoms. The fourth-order valence-electron chi connectivity index (χ4n) is 3.53. The van der Waals surface area contributed by atoms with Gasteiger partial charge in [-0.25, -0.2) is 4.39 Å². The van der Waals surface area contributed by atoms with Gasteiger partial charge < -0.3 is 14.7 Å². The molecule has 0 atom stereocenters. The quantitative estimate of drug-likeness (QED) is 0.891. The molecule has 0 radical (unpaired) electrons. The summed E-state index contributed by atoms with van der Waals surface area (Å²) in [6.45, 7) is 1.24. The SMILES string of the molecule is O=C(CCC(=O)N1CCC(c2noc3ccc(F)cc23)CC1)NC1CC1. The van der Waals surface area contributed by atoms with Crippen LogP contribution in [0, 0.1) is 5.82 Å². The van der Waals surface area contributed by atoms with Crippen LogP contribution >= 0.6 is 0 Å². The van der Waals surface area contributed by atoms with Crippen molar-refractivity contribution in [1.29, 1.82) is 0 Å². The maximum Gasteiger partial charge on any atom is 0.223 e. The first-order chi connectivity index (χ1) is 12.6. The Hall–Kier alpha value is -2.44. The predicted octanol–water partition coefficient (Wildman–Crippen LogP) is 2.73. The highest BCUT2D eigenvalue weighted by Gasteiger charge is 2.28. The number of hydrogen-bond donors (Lipinski definition) is 1. The number of carbonyl (C=O) groups excluding carboxylic acids is 2. The normalized spacial score (nSPS) is 18.3. The number of halogens is 1. The lowest BCUT2D eigenvalue weighted by atomic mass is 9.91. The summed E-state index contributed by atoms with van der Waals surface area (Å²) in [5, 5.41) is 7.74. The van der Waals surface area contributed by atoms with Crippen LogP contribution in [0.2, 0.25) is 0 Å². The third kappa shape index (κ3) is 3.71. The molecule has 26 heavy (non-hydrogen) atoms. The number of nitrogens with zero attached hydrogens (tertiary/aromatic N) is 2. The number of carbonyl (C=O) groups is 2. The van der Waals surface area contributed by atoms with Crippen molar-refractivity contribution in [3.8, 4) is 0 Å². The topological polar surface area (TPSA) is 75.4 Å². The Kier molecular flexibility index (Phi) is 4.61. The molecule has 0 unspecified atom stereocenters. The minimum Gasteiger partial charge on any atom is -0.356 e. The molecule has 1 aliphatic heterocycles. The lowest BCUT2D eigenvalue weighted by Crippen LogP contribution is -2.38. The summed E-state index contributed by atoms with van der Waals surface area (Å²) < 4.78 is 18.8. The summed E-state index contributed by atoms with van der Waals surface area (Å²) in [6.07, 6.45) is 4.13. The highest BCUT2D eigenvalue weighted by molar-refractivity contribution is 5.84. The molecule has 2 amide bonds. The zero-order valence-electron chi connectivity index (χ0n) is 14.5. The van der Waals surface area contributed by atoms with E-state index in [4.69, 9.17) is 4.52 Å². The number of amides is 2. The van der Waals surface area contributed by atoms with Gasteiger partial charge in [-0.05, 0) is 43.9 Å². The maximum atomic E-state index is 13.5. The van der Waals surface area contributed by atoms with Crippen LogP contribution in [0.1, 0.15) is 50.1 Å². The van der Waals surface area contributed by atoms with Crippen molar-refractivity contribution in [3.05, 3.63) is 29.7 Å². The van der Waals surface area contributed by atoms with E-state index in [0.717, 1.165) is 31.4 Å². The lowest BCUT2D eigenvalue weighted by Gasteiger charge is -2.31. The second-order valence-electron chi connectivity index (χ2n) is 7.21. The summed E-state index contributed by atoms with van der Waals surface area (Å²) in [5.74, 6) is -0.170. The summed E-state index contributed by atoms with van der Waals surface area (Å²) in [4.78, 5) is 25.8. The molecular weight excluding hydrogens is 337 g/mol. The van der Waals surface area contributed by atoms with Crippen LogP contribution in [0.15, 0.2) is 22.7 Å². The zero-order valence-corrected chi connectivity index (χ0v) is 14.5. The molecule has 2 aliphatic rings. The predicted molar refractivity (Wildman–Crippen MR) is 92.9 cm³/mol. The van der Waals surface area contributed by atoms with E-state index in [1.54, 1.807) is 6.07 Å². The van der Waals surface area contributed by atoms with E-state index in [1.807, 2.05) is 4.90 Å². The largest absolute Gasteiger partial charge is 0.356 e. The van der Waals surface area contributed by atoms with Crippen LogP contribution < -0.4 is 5.32 Å². The fraction of sp³-hybridized carbons (Fsp3) is 0.526. The Balaban J connectivity index is 1.31. The monoisotopic (exact) mass is 359 g/mol. The van der Waals surface area contributed by atoms with Crippen molar-refractivity contribution in [2.24, 2.45) is 0 Å². The molecule has 138 valence electrons. The maximum absolute atomic E-state index is 13.5. The third-order valence-corrected chi connectivity index (χ3v) is 5.20.